The highest BCUT2D eigenvalue weighted by Gasteiger charge is 2.24. The number of hydrogen-bond donors (Lipinski definition) is 2. The molecule has 0 atom stereocenters. The summed E-state index contributed by atoms with van der Waals surface area (Å²) < 4.78 is 12.9. The summed E-state index contributed by atoms with van der Waals surface area (Å²) in [6.45, 7) is -0.0119. The second-order valence-electron chi connectivity index (χ2n) is 13.1. The van der Waals surface area contributed by atoms with E-state index in [2.05, 4.69) is 76.6 Å². The third-order valence-corrected chi connectivity index (χ3v) is 9.94. The van der Waals surface area contributed by atoms with E-state index in [0.717, 1.165) is 78.2 Å². The fraction of sp³-hybridized carbons (Fsp3) is 0.0638. The molecule has 8 aromatic rings. The molecule has 8 heteroatoms. The van der Waals surface area contributed by atoms with Crippen LogP contribution in [-0.2, 0) is 6.61 Å². The van der Waals surface area contributed by atoms with Crippen LogP contribution in [0.15, 0.2) is 164 Å². The minimum absolute atomic E-state index is 0.0119. The van der Waals surface area contributed by atoms with Crippen LogP contribution in [0.25, 0.3) is 61.1 Å². The van der Waals surface area contributed by atoms with Gasteiger partial charge in [-0.1, -0.05) is 103 Å². The number of nitrogens with one attached hydrogen (secondary N) is 1. The van der Waals surface area contributed by atoms with Gasteiger partial charge in [-0.15, -0.1) is 0 Å². The third-order valence-electron chi connectivity index (χ3n) is 9.94. The van der Waals surface area contributed by atoms with Gasteiger partial charge in [0.05, 0.1) is 31.3 Å². The van der Waals surface area contributed by atoms with Crippen LogP contribution >= 0.6 is 0 Å². The van der Waals surface area contributed by atoms with Gasteiger partial charge in [-0.2, -0.15) is 0 Å². The van der Waals surface area contributed by atoms with Gasteiger partial charge in [0.1, 0.15) is 23.0 Å². The van der Waals surface area contributed by atoms with Crippen LogP contribution in [0.2, 0.25) is 0 Å². The Bertz CT molecular complexity index is 2610. The molecule has 7 aromatic carbocycles. The number of ether oxygens (including phenoxy) is 2. The minimum Gasteiger partial charge on any atom is -0.497 e. The van der Waals surface area contributed by atoms with Crippen LogP contribution in [0.4, 0.5) is 17.2 Å². The van der Waals surface area contributed by atoms with Gasteiger partial charge in [0.2, 0.25) is 0 Å². The Morgan fingerprint density at radius 2 is 1.07 bits per heavy atom. The van der Waals surface area contributed by atoms with Crippen molar-refractivity contribution in [2.24, 2.45) is 0 Å². The maximum absolute atomic E-state index is 12.3. The molecule has 0 unspecified atom stereocenters. The van der Waals surface area contributed by atoms with Gasteiger partial charge < -0.3 is 19.9 Å². The van der Waals surface area contributed by atoms with E-state index in [9.17, 15) is 15.2 Å². The number of aromatic nitrogens is 1. The highest BCUT2D eigenvalue weighted by molar-refractivity contribution is 6.07. The first-order valence-electron chi connectivity index (χ1n) is 17.8. The summed E-state index contributed by atoms with van der Waals surface area (Å²) in [6.07, 6.45) is 0. The number of benzene rings is 7. The first-order valence-corrected chi connectivity index (χ1v) is 17.8. The smallest absolute Gasteiger partial charge is 0.292 e. The molecule has 8 nitrogen and oxygen atoms in total. The molecular weight excluding hydrogens is 687 g/mol. The van der Waals surface area contributed by atoms with E-state index in [1.807, 2.05) is 72.8 Å². The molecule has 0 saturated carbocycles. The van der Waals surface area contributed by atoms with Crippen LogP contribution in [-0.4, -0.2) is 28.8 Å². The van der Waals surface area contributed by atoms with Crippen molar-refractivity contribution < 1.29 is 19.5 Å². The quantitative estimate of drug-likeness (QED) is 0.102. The van der Waals surface area contributed by atoms with Crippen molar-refractivity contribution in [1.82, 2.24) is 4.57 Å². The number of aliphatic hydroxyl groups excluding tert-OH is 1. The van der Waals surface area contributed by atoms with Gasteiger partial charge in [0.15, 0.2) is 0 Å². The van der Waals surface area contributed by atoms with Gasteiger partial charge >= 0.3 is 0 Å². The largest absolute Gasteiger partial charge is 0.497 e. The van der Waals surface area contributed by atoms with E-state index >= 15 is 0 Å². The number of para-hydroxylation sites is 2. The number of hydrogen-bond acceptors (Lipinski definition) is 6. The number of anilines is 2. The highest BCUT2D eigenvalue weighted by atomic mass is 16.6. The third kappa shape index (κ3) is 6.90. The fourth-order valence-electron chi connectivity index (χ4n) is 7.02. The molecule has 270 valence electrons. The van der Waals surface area contributed by atoms with Gasteiger partial charge in [0.25, 0.3) is 5.69 Å². The number of nitrogens with zero attached hydrogens (tertiary/aromatic N) is 2. The molecule has 0 saturated heterocycles. The maximum atomic E-state index is 12.3. The van der Waals surface area contributed by atoms with Crippen LogP contribution < -0.4 is 14.8 Å². The van der Waals surface area contributed by atoms with Crippen molar-refractivity contribution >= 4 is 28.1 Å². The van der Waals surface area contributed by atoms with Crippen molar-refractivity contribution in [2.75, 3.05) is 19.5 Å². The van der Waals surface area contributed by atoms with Gasteiger partial charge in [-0.05, 0) is 99.1 Å². The number of methoxy groups -OCH3 is 2. The maximum Gasteiger partial charge on any atom is 0.292 e. The Morgan fingerprint density at radius 1 is 0.600 bits per heavy atom. The number of nitro groups is 1. The molecule has 0 fully saturated rings. The Balaban J connectivity index is 1.35. The summed E-state index contributed by atoms with van der Waals surface area (Å²) >= 11 is 0. The number of nitro benzene ring substituents is 1. The summed E-state index contributed by atoms with van der Waals surface area (Å²) in [5.74, 6) is 2.25. The SMILES string of the molecule is COc1ccc(-c2ccc(-c3c(Nc4ccccc4[N+](=O)[O-])n(-c4ccc(-c5ccc(CO)cc5)cc4)c4ccc(-c5ccc(OC)cc5)cc34)cc2)cc1. The van der Waals surface area contributed by atoms with Gasteiger partial charge in [-0.25, -0.2) is 0 Å². The summed E-state index contributed by atoms with van der Waals surface area (Å²) in [5.41, 5.74) is 11.0. The van der Waals surface area contributed by atoms with Gasteiger partial charge in [-0.3, -0.25) is 14.7 Å². The van der Waals surface area contributed by atoms with Crippen molar-refractivity contribution in [2.45, 2.75) is 6.61 Å². The summed E-state index contributed by atoms with van der Waals surface area (Å²) in [6, 6.07) is 53.5. The molecule has 1 aromatic heterocycles. The minimum atomic E-state index is -0.364. The van der Waals surface area contributed by atoms with E-state index in [1.54, 1.807) is 32.4 Å². The predicted molar refractivity (Wildman–Crippen MR) is 220 cm³/mol. The molecule has 0 aliphatic carbocycles. The van der Waals surface area contributed by atoms with Crippen molar-refractivity contribution in [3.63, 3.8) is 0 Å². The molecular formula is C47H37N3O5. The number of aliphatic hydroxyl groups is 1. The lowest BCUT2D eigenvalue weighted by atomic mass is 9.97. The first kappa shape index (κ1) is 34.9. The van der Waals surface area contributed by atoms with Crippen LogP contribution in [0, 0.1) is 10.1 Å². The fourth-order valence-corrected chi connectivity index (χ4v) is 7.02. The molecule has 0 aliphatic rings. The molecule has 0 amide bonds. The highest BCUT2D eigenvalue weighted by Crippen LogP contribution is 2.45. The number of rotatable bonds is 11. The monoisotopic (exact) mass is 723 g/mol. The zero-order valence-corrected chi connectivity index (χ0v) is 30.3. The van der Waals surface area contributed by atoms with Crippen LogP contribution in [0.5, 0.6) is 11.5 Å². The molecule has 0 radical (unpaired) electrons. The summed E-state index contributed by atoms with van der Waals surface area (Å²) in [5, 5.41) is 26.3. The summed E-state index contributed by atoms with van der Waals surface area (Å²) in [4.78, 5) is 11.9. The van der Waals surface area contributed by atoms with E-state index in [0.29, 0.717) is 11.5 Å². The van der Waals surface area contributed by atoms with E-state index in [1.165, 1.54) is 6.07 Å². The molecule has 1 heterocycles. The first-order chi connectivity index (χ1) is 26.9. The van der Waals surface area contributed by atoms with Crippen molar-refractivity contribution in [3.8, 4) is 61.7 Å². The Morgan fingerprint density at radius 3 is 1.62 bits per heavy atom. The normalized spacial score (nSPS) is 11.0. The number of fused-ring (bicyclic) bond motifs is 1. The molecule has 0 spiro atoms. The van der Waals surface area contributed by atoms with Crippen molar-refractivity contribution in [3.05, 3.63) is 179 Å². The molecule has 2 N–H and O–H groups in total. The van der Waals surface area contributed by atoms with Crippen LogP contribution in [0.1, 0.15) is 5.56 Å². The lowest BCUT2D eigenvalue weighted by molar-refractivity contribution is -0.383. The Hall–Kier alpha value is -7.16. The average molecular weight is 724 g/mol. The summed E-state index contributed by atoms with van der Waals surface area (Å²) in [7, 11) is 3.31. The van der Waals surface area contributed by atoms with Gasteiger partial charge in [0, 0.05) is 22.7 Å². The molecule has 0 aliphatic heterocycles. The molecule has 8 rings (SSSR count). The zero-order chi connectivity index (χ0) is 37.9. The second kappa shape index (κ2) is 15.1. The Labute approximate surface area is 318 Å². The zero-order valence-electron chi connectivity index (χ0n) is 30.3. The van der Waals surface area contributed by atoms with Crippen LogP contribution in [0.3, 0.4) is 0 Å². The predicted octanol–water partition coefficient (Wildman–Crippen LogP) is 11.5. The lowest BCUT2D eigenvalue weighted by Gasteiger charge is -2.16. The standard InChI is InChI=1S/C47H37N3O5/c1-54-40-24-17-35(18-25-40)33-11-13-37(14-12-33)46-42-29-38(36-19-26-41(55-2)27-20-36)21-28-44(42)49(47(46)48-43-5-3-4-6-45(43)50(52)53)39-22-15-34(16-23-39)32-9-7-31(30-51)8-10-32/h3-29,48,51H,30H2,1-2H3. The molecule has 55 heavy (non-hydrogen) atoms. The van der Waals surface area contributed by atoms with E-state index in [4.69, 9.17) is 9.47 Å². The lowest BCUT2D eigenvalue weighted by Crippen LogP contribution is -2.04. The topological polar surface area (TPSA) is 98.8 Å². The second-order valence-corrected chi connectivity index (χ2v) is 13.1. The Kier molecular flexibility index (Phi) is 9.56. The molecule has 0 bridgehead atoms. The average Bonchev–Trinajstić information content (AvgIpc) is 3.56. The van der Waals surface area contributed by atoms with Crippen molar-refractivity contribution in [1.29, 1.82) is 0 Å². The van der Waals surface area contributed by atoms with E-state index < -0.39 is 0 Å². The van der Waals surface area contributed by atoms with E-state index in [-0.39, 0.29) is 17.2 Å².